The molecule has 0 spiro atoms. The summed E-state index contributed by atoms with van der Waals surface area (Å²) in [5, 5.41) is 10.1. The summed E-state index contributed by atoms with van der Waals surface area (Å²) in [6.45, 7) is 2.27. The smallest absolute Gasteiger partial charge is 0.115 e. The van der Waals surface area contributed by atoms with Gasteiger partial charge in [-0.1, -0.05) is 18.9 Å². The van der Waals surface area contributed by atoms with Gasteiger partial charge in [0.15, 0.2) is 0 Å². The van der Waals surface area contributed by atoms with Crippen LogP contribution in [0.3, 0.4) is 0 Å². The number of piperidine rings is 1. The number of fused-ring (bicyclic) bond motifs is 1. The van der Waals surface area contributed by atoms with Crippen molar-refractivity contribution < 1.29 is 9.52 Å². The zero-order valence-electron chi connectivity index (χ0n) is 14.8. The Bertz CT molecular complexity index is 753. The lowest BCUT2D eigenvalue weighted by Gasteiger charge is -2.59. The van der Waals surface area contributed by atoms with E-state index in [4.69, 9.17) is 4.42 Å². The molecule has 132 valence electrons. The van der Waals surface area contributed by atoms with Crippen molar-refractivity contribution in [2.24, 2.45) is 5.92 Å². The fourth-order valence-electron chi connectivity index (χ4n) is 6.06. The van der Waals surface area contributed by atoms with Crippen LogP contribution < -0.4 is 0 Å². The number of likely N-dealkylation sites (tertiary alicyclic amines) is 1. The first-order chi connectivity index (χ1) is 12.3. The van der Waals surface area contributed by atoms with E-state index in [0.717, 1.165) is 31.1 Å². The second-order valence-corrected chi connectivity index (χ2v) is 8.24. The third-order valence-electron chi connectivity index (χ3n) is 7.16. The zero-order chi connectivity index (χ0) is 16.9. The standard InChI is InChI=1S/C22H27NO2/c24-17-7-6-16-14-21-19-5-1-2-9-22(19,20(16)15-17)10-12-23(21)11-8-18-4-3-13-25-18/h3-4,6-7,13,15,19,21,24H,1-2,5,8-12,14H2/t19-,21-,22+/m1/s1. The van der Waals surface area contributed by atoms with Crippen LogP contribution in [0.4, 0.5) is 0 Å². The summed E-state index contributed by atoms with van der Waals surface area (Å²) in [5.41, 5.74) is 3.26. The summed E-state index contributed by atoms with van der Waals surface area (Å²) in [6, 6.07) is 10.9. The molecule has 1 aliphatic heterocycles. The van der Waals surface area contributed by atoms with E-state index in [1.165, 1.54) is 49.8 Å². The minimum atomic E-state index is 0.316. The number of rotatable bonds is 3. The molecule has 0 amide bonds. The van der Waals surface area contributed by atoms with E-state index >= 15 is 0 Å². The molecule has 3 heteroatoms. The van der Waals surface area contributed by atoms with Gasteiger partial charge in [0, 0.05) is 24.4 Å². The Labute approximate surface area is 149 Å². The normalized spacial score (nSPS) is 31.4. The first-order valence-corrected chi connectivity index (χ1v) is 9.85. The molecule has 2 bridgehead atoms. The molecule has 2 aromatic rings. The third-order valence-corrected chi connectivity index (χ3v) is 7.16. The van der Waals surface area contributed by atoms with Crippen LogP contribution in [0.1, 0.15) is 49.0 Å². The van der Waals surface area contributed by atoms with Gasteiger partial charge in [-0.3, -0.25) is 4.90 Å². The van der Waals surface area contributed by atoms with Crippen LogP contribution in [0.15, 0.2) is 41.0 Å². The van der Waals surface area contributed by atoms with Crippen LogP contribution in [-0.2, 0) is 18.3 Å². The van der Waals surface area contributed by atoms with Gasteiger partial charge in [-0.25, -0.2) is 0 Å². The molecule has 3 atom stereocenters. The van der Waals surface area contributed by atoms with Crippen molar-refractivity contribution in [2.75, 3.05) is 13.1 Å². The SMILES string of the molecule is Oc1ccc2c(c1)[C@]13CCCC[C@@H]1[C@@H](C2)N(CCc1ccco1)CC3. The molecule has 3 nitrogen and oxygen atoms in total. The van der Waals surface area contributed by atoms with E-state index in [2.05, 4.69) is 23.1 Å². The maximum absolute atomic E-state index is 10.1. The summed E-state index contributed by atoms with van der Waals surface area (Å²) in [4.78, 5) is 2.73. The Hall–Kier alpha value is -1.74. The second-order valence-electron chi connectivity index (χ2n) is 8.24. The first kappa shape index (κ1) is 15.5. The molecular formula is C22H27NO2. The molecule has 5 rings (SSSR count). The molecule has 1 saturated heterocycles. The van der Waals surface area contributed by atoms with Crippen molar-refractivity contribution in [2.45, 2.75) is 56.4 Å². The molecule has 1 aromatic heterocycles. The van der Waals surface area contributed by atoms with Crippen LogP contribution in [0.5, 0.6) is 5.75 Å². The van der Waals surface area contributed by atoms with Crippen LogP contribution >= 0.6 is 0 Å². The highest BCUT2D eigenvalue weighted by Crippen LogP contribution is 2.56. The summed E-state index contributed by atoms with van der Waals surface area (Å²) in [6.07, 6.45) is 10.5. The summed E-state index contributed by atoms with van der Waals surface area (Å²) in [7, 11) is 0. The minimum absolute atomic E-state index is 0.316. The molecule has 3 aliphatic rings. The maximum atomic E-state index is 10.1. The van der Waals surface area contributed by atoms with Crippen LogP contribution in [0.25, 0.3) is 0 Å². The highest BCUT2D eigenvalue weighted by Gasteiger charge is 2.53. The van der Waals surface area contributed by atoms with E-state index in [1.54, 1.807) is 6.26 Å². The lowest BCUT2D eigenvalue weighted by molar-refractivity contribution is -0.0112. The summed E-state index contributed by atoms with van der Waals surface area (Å²) < 4.78 is 5.55. The molecule has 0 radical (unpaired) electrons. The quantitative estimate of drug-likeness (QED) is 0.908. The Morgan fingerprint density at radius 3 is 3.04 bits per heavy atom. The average Bonchev–Trinajstić information content (AvgIpc) is 3.15. The van der Waals surface area contributed by atoms with Crippen molar-refractivity contribution in [3.05, 3.63) is 53.5 Å². The lowest BCUT2D eigenvalue weighted by Crippen LogP contribution is -2.61. The zero-order valence-corrected chi connectivity index (χ0v) is 14.8. The van der Waals surface area contributed by atoms with E-state index < -0.39 is 0 Å². The van der Waals surface area contributed by atoms with Crippen molar-refractivity contribution in [1.82, 2.24) is 4.90 Å². The van der Waals surface area contributed by atoms with Gasteiger partial charge in [-0.05, 0) is 73.5 Å². The van der Waals surface area contributed by atoms with E-state index in [-0.39, 0.29) is 0 Å². The van der Waals surface area contributed by atoms with Gasteiger partial charge < -0.3 is 9.52 Å². The van der Waals surface area contributed by atoms with Gasteiger partial charge in [-0.2, -0.15) is 0 Å². The van der Waals surface area contributed by atoms with Crippen molar-refractivity contribution >= 4 is 0 Å². The van der Waals surface area contributed by atoms with Gasteiger partial charge in [0.05, 0.1) is 6.26 Å². The Morgan fingerprint density at radius 1 is 1.20 bits per heavy atom. The molecular weight excluding hydrogens is 310 g/mol. The van der Waals surface area contributed by atoms with Gasteiger partial charge in [-0.15, -0.1) is 0 Å². The number of phenols is 1. The Morgan fingerprint density at radius 2 is 2.16 bits per heavy atom. The van der Waals surface area contributed by atoms with Crippen molar-refractivity contribution in [3.63, 3.8) is 0 Å². The molecule has 1 saturated carbocycles. The van der Waals surface area contributed by atoms with Gasteiger partial charge in [0.25, 0.3) is 0 Å². The fourth-order valence-corrected chi connectivity index (χ4v) is 6.06. The van der Waals surface area contributed by atoms with Crippen LogP contribution in [0, 0.1) is 5.92 Å². The highest BCUT2D eigenvalue weighted by atomic mass is 16.3. The number of hydrogen-bond donors (Lipinski definition) is 1. The molecule has 0 unspecified atom stereocenters. The maximum Gasteiger partial charge on any atom is 0.115 e. The summed E-state index contributed by atoms with van der Waals surface area (Å²) >= 11 is 0. The van der Waals surface area contributed by atoms with Gasteiger partial charge in [0.1, 0.15) is 11.5 Å². The van der Waals surface area contributed by atoms with Crippen LogP contribution in [0.2, 0.25) is 0 Å². The topological polar surface area (TPSA) is 36.6 Å². The average molecular weight is 337 g/mol. The number of hydrogen-bond acceptors (Lipinski definition) is 3. The third kappa shape index (κ3) is 2.43. The fraction of sp³-hybridized carbons (Fsp3) is 0.545. The number of furan rings is 1. The summed E-state index contributed by atoms with van der Waals surface area (Å²) in [5.74, 6) is 2.29. The first-order valence-electron chi connectivity index (χ1n) is 9.85. The monoisotopic (exact) mass is 337 g/mol. The molecule has 1 aromatic carbocycles. The lowest BCUT2D eigenvalue weighted by atomic mass is 9.52. The molecule has 1 N–H and O–H groups in total. The molecule has 2 fully saturated rings. The van der Waals surface area contributed by atoms with E-state index in [1.807, 2.05) is 12.1 Å². The number of phenolic OH excluding ortho intramolecular Hbond substituents is 1. The van der Waals surface area contributed by atoms with Crippen molar-refractivity contribution in [3.8, 4) is 5.75 Å². The Balaban J connectivity index is 1.47. The largest absolute Gasteiger partial charge is 0.508 e. The van der Waals surface area contributed by atoms with Crippen molar-refractivity contribution in [1.29, 1.82) is 0 Å². The van der Waals surface area contributed by atoms with E-state index in [0.29, 0.717) is 17.2 Å². The Kier molecular flexibility index (Phi) is 3.67. The second kappa shape index (κ2) is 5.91. The number of aromatic hydroxyl groups is 1. The number of nitrogens with zero attached hydrogens (tertiary/aromatic N) is 1. The van der Waals surface area contributed by atoms with E-state index in [9.17, 15) is 5.11 Å². The predicted molar refractivity (Wildman–Crippen MR) is 97.8 cm³/mol. The molecule has 2 aliphatic carbocycles. The van der Waals surface area contributed by atoms with Gasteiger partial charge >= 0.3 is 0 Å². The molecule has 2 heterocycles. The predicted octanol–water partition coefficient (Wildman–Crippen LogP) is 4.29. The highest BCUT2D eigenvalue weighted by molar-refractivity contribution is 5.45. The van der Waals surface area contributed by atoms with Gasteiger partial charge in [0.2, 0.25) is 0 Å². The molecule has 25 heavy (non-hydrogen) atoms. The van der Waals surface area contributed by atoms with Crippen LogP contribution in [-0.4, -0.2) is 29.1 Å². The number of benzene rings is 1. The minimum Gasteiger partial charge on any atom is -0.508 e.